The fourth-order valence-electron chi connectivity index (χ4n) is 2.08. The van der Waals surface area contributed by atoms with Crippen LogP contribution in [-0.4, -0.2) is 17.6 Å². The molecule has 0 amide bonds. The van der Waals surface area contributed by atoms with E-state index in [-0.39, 0.29) is 11.4 Å². The predicted molar refractivity (Wildman–Crippen MR) is 87.2 cm³/mol. The number of thiazole rings is 1. The molecule has 0 radical (unpaired) electrons. The van der Waals surface area contributed by atoms with Crippen molar-refractivity contribution in [3.63, 3.8) is 0 Å². The van der Waals surface area contributed by atoms with Gasteiger partial charge in [-0.05, 0) is 32.9 Å². The van der Waals surface area contributed by atoms with E-state index in [9.17, 15) is 4.39 Å². The van der Waals surface area contributed by atoms with Crippen LogP contribution in [0.4, 0.5) is 10.1 Å². The summed E-state index contributed by atoms with van der Waals surface area (Å²) in [6.45, 7) is 7.41. The lowest BCUT2D eigenvalue weighted by molar-refractivity contribution is 0.418. The van der Waals surface area contributed by atoms with E-state index >= 15 is 0 Å². The van der Waals surface area contributed by atoms with Gasteiger partial charge in [-0.25, -0.2) is 9.37 Å². The van der Waals surface area contributed by atoms with Gasteiger partial charge in [0.05, 0.1) is 17.7 Å². The summed E-state index contributed by atoms with van der Waals surface area (Å²) < 4.78 is 14.2. The Kier molecular flexibility index (Phi) is 4.96. The maximum absolute atomic E-state index is 14.2. The van der Waals surface area contributed by atoms with E-state index in [0.717, 1.165) is 11.4 Å². The summed E-state index contributed by atoms with van der Waals surface area (Å²) in [4.78, 5) is 6.33. The summed E-state index contributed by atoms with van der Waals surface area (Å²) in [7, 11) is 1.97. The summed E-state index contributed by atoms with van der Waals surface area (Å²) >= 11 is 1.57. The molecule has 2 aromatic rings. The van der Waals surface area contributed by atoms with Crippen molar-refractivity contribution in [3.05, 3.63) is 46.2 Å². The van der Waals surface area contributed by atoms with Gasteiger partial charge in [-0.3, -0.25) is 0 Å². The van der Waals surface area contributed by atoms with Crippen LogP contribution in [0.3, 0.4) is 0 Å². The Hall–Kier alpha value is -1.46. The van der Waals surface area contributed by atoms with Gasteiger partial charge in [0.15, 0.2) is 0 Å². The molecule has 0 aliphatic carbocycles. The van der Waals surface area contributed by atoms with Crippen LogP contribution < -0.4 is 10.2 Å². The first-order chi connectivity index (χ1) is 9.87. The first-order valence-corrected chi connectivity index (χ1v) is 7.92. The van der Waals surface area contributed by atoms with Gasteiger partial charge in [-0.15, -0.1) is 11.3 Å². The summed E-state index contributed by atoms with van der Waals surface area (Å²) in [6, 6.07) is 5.22. The molecule has 114 valence electrons. The molecule has 2 rings (SSSR count). The molecule has 0 saturated heterocycles. The van der Waals surface area contributed by atoms with Gasteiger partial charge in [0.25, 0.3) is 0 Å². The second kappa shape index (κ2) is 6.54. The average molecular weight is 307 g/mol. The Morgan fingerprint density at radius 3 is 2.71 bits per heavy atom. The van der Waals surface area contributed by atoms with Gasteiger partial charge in [-0.1, -0.05) is 6.07 Å². The quantitative estimate of drug-likeness (QED) is 0.910. The normalized spacial score (nSPS) is 11.7. The molecule has 5 heteroatoms. The molecular weight excluding hydrogens is 285 g/mol. The number of anilines is 1. The van der Waals surface area contributed by atoms with Gasteiger partial charge in [0.2, 0.25) is 0 Å². The van der Waals surface area contributed by atoms with Crippen LogP contribution in [0.1, 0.15) is 32.0 Å². The Morgan fingerprint density at radius 2 is 2.10 bits per heavy atom. The highest BCUT2D eigenvalue weighted by molar-refractivity contribution is 7.07. The lowest BCUT2D eigenvalue weighted by Crippen LogP contribution is -2.36. The third-order valence-electron chi connectivity index (χ3n) is 3.18. The number of benzene rings is 1. The smallest absolute Gasteiger partial charge is 0.129 e. The van der Waals surface area contributed by atoms with E-state index in [1.54, 1.807) is 17.4 Å². The minimum Gasteiger partial charge on any atom is -0.368 e. The first-order valence-electron chi connectivity index (χ1n) is 6.97. The van der Waals surface area contributed by atoms with Gasteiger partial charge in [0.1, 0.15) is 5.82 Å². The monoisotopic (exact) mass is 307 g/mol. The van der Waals surface area contributed by atoms with Crippen LogP contribution >= 0.6 is 11.3 Å². The topological polar surface area (TPSA) is 28.2 Å². The van der Waals surface area contributed by atoms with E-state index in [1.165, 1.54) is 6.07 Å². The molecule has 0 spiro atoms. The number of nitrogens with one attached hydrogen (secondary N) is 1. The molecule has 0 aliphatic heterocycles. The van der Waals surface area contributed by atoms with E-state index < -0.39 is 0 Å². The van der Waals surface area contributed by atoms with Gasteiger partial charge in [0, 0.05) is 35.8 Å². The molecule has 1 aromatic carbocycles. The zero-order valence-electron chi connectivity index (χ0n) is 13.0. The maximum Gasteiger partial charge on any atom is 0.129 e. The SMILES string of the molecule is CN(Cc1cscn1)c1cccc(F)c1CNC(C)(C)C. The number of aromatic nitrogens is 1. The molecule has 0 bridgehead atoms. The van der Waals surface area contributed by atoms with E-state index in [4.69, 9.17) is 0 Å². The van der Waals surface area contributed by atoms with Crippen molar-refractivity contribution in [2.45, 2.75) is 39.4 Å². The van der Waals surface area contributed by atoms with E-state index in [0.29, 0.717) is 18.7 Å². The van der Waals surface area contributed by atoms with Gasteiger partial charge >= 0.3 is 0 Å². The number of rotatable bonds is 5. The van der Waals surface area contributed by atoms with Crippen LogP contribution in [-0.2, 0) is 13.1 Å². The maximum atomic E-state index is 14.2. The molecule has 21 heavy (non-hydrogen) atoms. The predicted octanol–water partition coefficient (Wildman–Crippen LogP) is 3.81. The molecule has 0 saturated carbocycles. The Balaban J connectivity index is 2.20. The lowest BCUT2D eigenvalue weighted by Gasteiger charge is -2.25. The van der Waals surface area contributed by atoms with Gasteiger partial charge in [-0.2, -0.15) is 0 Å². The van der Waals surface area contributed by atoms with Crippen LogP contribution in [0, 0.1) is 5.82 Å². The highest BCUT2D eigenvalue weighted by Crippen LogP contribution is 2.24. The molecule has 0 unspecified atom stereocenters. The lowest BCUT2D eigenvalue weighted by atomic mass is 10.1. The zero-order chi connectivity index (χ0) is 15.5. The highest BCUT2D eigenvalue weighted by atomic mass is 32.1. The Morgan fingerprint density at radius 1 is 1.33 bits per heavy atom. The minimum atomic E-state index is -0.172. The largest absolute Gasteiger partial charge is 0.368 e. The second-order valence-corrected chi connectivity index (χ2v) is 6.90. The van der Waals surface area contributed by atoms with Crippen LogP contribution in [0.25, 0.3) is 0 Å². The molecule has 1 aromatic heterocycles. The van der Waals surface area contributed by atoms with Crippen LogP contribution in [0.2, 0.25) is 0 Å². The Bertz CT molecular complexity index is 576. The molecule has 3 nitrogen and oxygen atoms in total. The molecule has 0 atom stereocenters. The summed E-state index contributed by atoms with van der Waals surface area (Å²) in [6.07, 6.45) is 0. The third-order valence-corrected chi connectivity index (χ3v) is 3.82. The van der Waals surface area contributed by atoms with Crippen molar-refractivity contribution in [2.75, 3.05) is 11.9 Å². The van der Waals surface area contributed by atoms with E-state index in [1.807, 2.05) is 28.9 Å². The third kappa shape index (κ3) is 4.51. The summed E-state index contributed by atoms with van der Waals surface area (Å²) in [5.74, 6) is -0.172. The van der Waals surface area contributed by atoms with Crippen molar-refractivity contribution in [3.8, 4) is 0 Å². The number of halogens is 1. The van der Waals surface area contributed by atoms with Crippen molar-refractivity contribution >= 4 is 17.0 Å². The van der Waals surface area contributed by atoms with Crippen molar-refractivity contribution in [1.82, 2.24) is 10.3 Å². The fourth-order valence-corrected chi connectivity index (χ4v) is 2.63. The zero-order valence-corrected chi connectivity index (χ0v) is 13.8. The molecule has 1 heterocycles. The fraction of sp³-hybridized carbons (Fsp3) is 0.438. The van der Waals surface area contributed by atoms with Crippen LogP contribution in [0.5, 0.6) is 0 Å². The van der Waals surface area contributed by atoms with Crippen molar-refractivity contribution in [2.24, 2.45) is 0 Å². The van der Waals surface area contributed by atoms with Crippen LogP contribution in [0.15, 0.2) is 29.1 Å². The van der Waals surface area contributed by atoms with Crippen molar-refractivity contribution < 1.29 is 4.39 Å². The van der Waals surface area contributed by atoms with E-state index in [2.05, 4.69) is 31.1 Å². The second-order valence-electron chi connectivity index (χ2n) is 6.18. The minimum absolute atomic E-state index is 0.0486. The molecule has 0 aliphatic rings. The first kappa shape index (κ1) is 15.9. The number of nitrogens with zero attached hydrogens (tertiary/aromatic N) is 2. The summed E-state index contributed by atoms with van der Waals surface area (Å²) in [5, 5.41) is 5.37. The van der Waals surface area contributed by atoms with Crippen molar-refractivity contribution in [1.29, 1.82) is 0 Å². The molecular formula is C16H22FN3S. The molecule has 0 fully saturated rings. The summed E-state index contributed by atoms with van der Waals surface area (Å²) in [5.41, 5.74) is 4.37. The Labute approximate surface area is 129 Å². The average Bonchev–Trinajstić information content (AvgIpc) is 2.88. The number of hydrogen-bond acceptors (Lipinski definition) is 4. The highest BCUT2D eigenvalue weighted by Gasteiger charge is 2.16. The molecule has 1 N–H and O–H groups in total. The standard InChI is InChI=1S/C16H22FN3S/c1-16(2,3)19-8-13-14(17)6-5-7-15(13)20(4)9-12-10-21-11-18-12/h5-7,10-11,19H,8-9H2,1-4H3. The number of hydrogen-bond donors (Lipinski definition) is 1. The van der Waals surface area contributed by atoms with Gasteiger partial charge < -0.3 is 10.2 Å².